The van der Waals surface area contributed by atoms with Crippen LogP contribution in [0.25, 0.3) is 22.4 Å². The lowest BCUT2D eigenvalue weighted by atomic mass is 10.2. The summed E-state index contributed by atoms with van der Waals surface area (Å²) in [4.78, 5) is 6.99. The fraction of sp³-hybridized carbons (Fsp3) is 0.350. The molecule has 0 saturated carbocycles. The van der Waals surface area contributed by atoms with E-state index in [1.54, 1.807) is 0 Å². The van der Waals surface area contributed by atoms with Gasteiger partial charge in [-0.25, -0.2) is 4.98 Å². The zero-order chi connectivity index (χ0) is 17.8. The van der Waals surface area contributed by atoms with Gasteiger partial charge in [0.05, 0.1) is 28.7 Å². The Morgan fingerprint density at radius 2 is 1.76 bits per heavy atom. The molecule has 0 aliphatic heterocycles. The molecule has 0 aliphatic carbocycles. The van der Waals surface area contributed by atoms with E-state index in [1.165, 1.54) is 0 Å². The van der Waals surface area contributed by atoms with Crippen molar-refractivity contribution in [3.05, 3.63) is 53.6 Å². The molecule has 3 aromatic rings. The number of nitrogens with zero attached hydrogens (tertiary/aromatic N) is 3. The van der Waals surface area contributed by atoms with Gasteiger partial charge >= 0.3 is 0 Å². The fourth-order valence-corrected chi connectivity index (χ4v) is 3.38. The maximum absolute atomic E-state index is 10.6. The normalized spacial score (nSPS) is 12.8. The first-order valence-electron chi connectivity index (χ1n) is 8.74. The molecule has 0 amide bonds. The van der Waals surface area contributed by atoms with E-state index in [0.29, 0.717) is 18.1 Å². The zero-order valence-electron chi connectivity index (χ0n) is 14.7. The van der Waals surface area contributed by atoms with Crippen LogP contribution in [0.5, 0.6) is 0 Å². The van der Waals surface area contributed by atoms with Crippen molar-refractivity contribution < 1.29 is 5.11 Å². The molecule has 0 bridgehead atoms. The first-order chi connectivity index (χ1) is 12.1. The lowest BCUT2D eigenvalue weighted by Crippen LogP contribution is -2.34. The number of hydrogen-bond donors (Lipinski definition) is 1. The maximum atomic E-state index is 10.6. The second-order valence-electron chi connectivity index (χ2n) is 6.15. The highest BCUT2D eigenvalue weighted by atomic mass is 35.5. The third kappa shape index (κ3) is 3.87. The Balaban J connectivity index is 2.01. The second kappa shape index (κ2) is 8.00. The summed E-state index contributed by atoms with van der Waals surface area (Å²) in [6, 6.07) is 15.7. The Morgan fingerprint density at radius 3 is 2.48 bits per heavy atom. The van der Waals surface area contributed by atoms with Gasteiger partial charge in [-0.2, -0.15) is 0 Å². The summed E-state index contributed by atoms with van der Waals surface area (Å²) in [6.07, 6.45) is -0.473. The van der Waals surface area contributed by atoms with E-state index in [4.69, 9.17) is 16.6 Å². The molecule has 1 atom stereocenters. The van der Waals surface area contributed by atoms with E-state index in [9.17, 15) is 5.11 Å². The van der Waals surface area contributed by atoms with Crippen molar-refractivity contribution in [2.45, 2.75) is 26.5 Å². The smallest absolute Gasteiger partial charge is 0.142 e. The maximum Gasteiger partial charge on any atom is 0.142 e. The van der Waals surface area contributed by atoms with Crippen molar-refractivity contribution in [2.75, 3.05) is 19.6 Å². The third-order valence-electron chi connectivity index (χ3n) is 4.53. The van der Waals surface area contributed by atoms with Crippen LogP contribution in [-0.2, 0) is 6.54 Å². The molecule has 5 heteroatoms. The largest absolute Gasteiger partial charge is 0.390 e. The molecule has 25 heavy (non-hydrogen) atoms. The molecule has 0 radical (unpaired) electrons. The van der Waals surface area contributed by atoms with E-state index >= 15 is 0 Å². The SMILES string of the molecule is CCN(CC)C[C@@H](O)Cn1c(-c2ccccc2Cl)nc2ccccc21. The number of likely N-dealkylation sites (N-methyl/N-ethyl adjacent to an activating group) is 1. The van der Waals surface area contributed by atoms with Gasteiger partial charge in [0, 0.05) is 12.1 Å². The number of halogens is 1. The predicted molar refractivity (Wildman–Crippen MR) is 104 cm³/mol. The molecule has 1 heterocycles. The number of fused-ring (bicyclic) bond motifs is 1. The minimum absolute atomic E-state index is 0.473. The van der Waals surface area contributed by atoms with Crippen molar-refractivity contribution in [2.24, 2.45) is 0 Å². The summed E-state index contributed by atoms with van der Waals surface area (Å²) in [5, 5.41) is 11.3. The van der Waals surface area contributed by atoms with Gasteiger partial charge in [-0.15, -0.1) is 0 Å². The van der Waals surface area contributed by atoms with E-state index in [0.717, 1.165) is 35.5 Å². The minimum Gasteiger partial charge on any atom is -0.390 e. The van der Waals surface area contributed by atoms with Crippen LogP contribution < -0.4 is 0 Å². The summed E-state index contributed by atoms with van der Waals surface area (Å²) in [7, 11) is 0. The predicted octanol–water partition coefficient (Wildman–Crippen LogP) is 4.06. The highest BCUT2D eigenvalue weighted by molar-refractivity contribution is 6.33. The number of imidazole rings is 1. The quantitative estimate of drug-likeness (QED) is 0.693. The topological polar surface area (TPSA) is 41.3 Å². The highest BCUT2D eigenvalue weighted by Gasteiger charge is 2.18. The molecule has 2 aromatic carbocycles. The Hall–Kier alpha value is -1.88. The summed E-state index contributed by atoms with van der Waals surface area (Å²) in [5.74, 6) is 0.797. The van der Waals surface area contributed by atoms with E-state index in [2.05, 4.69) is 23.3 Å². The Labute approximate surface area is 153 Å². The van der Waals surface area contributed by atoms with Gasteiger partial charge in [-0.3, -0.25) is 0 Å². The molecule has 0 fully saturated rings. The first-order valence-corrected chi connectivity index (χ1v) is 9.12. The monoisotopic (exact) mass is 357 g/mol. The van der Waals surface area contributed by atoms with Crippen molar-refractivity contribution in [3.63, 3.8) is 0 Å². The Morgan fingerprint density at radius 1 is 1.08 bits per heavy atom. The summed E-state index contributed by atoms with van der Waals surface area (Å²) >= 11 is 6.40. The van der Waals surface area contributed by atoms with Gasteiger partial charge in [0.1, 0.15) is 5.82 Å². The van der Waals surface area contributed by atoms with Crippen LogP contribution in [0.1, 0.15) is 13.8 Å². The Kier molecular flexibility index (Phi) is 5.74. The first kappa shape index (κ1) is 17.9. The standard InChI is InChI=1S/C20H24ClN3O/c1-3-23(4-2)13-15(25)14-24-19-12-8-7-11-18(19)22-20(24)16-9-5-6-10-17(16)21/h5-12,15,25H,3-4,13-14H2,1-2H3/t15-/m1/s1. The average molecular weight is 358 g/mol. The molecule has 1 N–H and O–H groups in total. The third-order valence-corrected chi connectivity index (χ3v) is 4.86. The number of rotatable bonds is 7. The van der Waals surface area contributed by atoms with Crippen molar-refractivity contribution in [1.82, 2.24) is 14.5 Å². The number of para-hydroxylation sites is 2. The van der Waals surface area contributed by atoms with Gasteiger partial charge in [0.2, 0.25) is 0 Å². The van der Waals surface area contributed by atoms with E-state index in [-0.39, 0.29) is 0 Å². The molecule has 1 aromatic heterocycles. The minimum atomic E-state index is -0.473. The number of hydrogen-bond acceptors (Lipinski definition) is 3. The Bertz CT molecular complexity index is 842. The fourth-order valence-electron chi connectivity index (χ4n) is 3.16. The number of benzene rings is 2. The molecule has 3 rings (SSSR count). The lowest BCUT2D eigenvalue weighted by Gasteiger charge is -2.23. The van der Waals surface area contributed by atoms with Gasteiger partial charge < -0.3 is 14.6 Å². The average Bonchev–Trinajstić information content (AvgIpc) is 2.98. The molecule has 4 nitrogen and oxygen atoms in total. The summed E-state index contributed by atoms with van der Waals surface area (Å²) < 4.78 is 2.07. The van der Waals surface area contributed by atoms with Crippen LogP contribution in [0.4, 0.5) is 0 Å². The van der Waals surface area contributed by atoms with Gasteiger partial charge in [-0.1, -0.05) is 49.7 Å². The molecule has 0 unspecified atom stereocenters. The van der Waals surface area contributed by atoms with Crippen LogP contribution in [0, 0.1) is 0 Å². The zero-order valence-corrected chi connectivity index (χ0v) is 15.4. The summed E-state index contributed by atoms with van der Waals surface area (Å²) in [5.41, 5.74) is 2.80. The van der Waals surface area contributed by atoms with E-state index < -0.39 is 6.10 Å². The number of aromatic nitrogens is 2. The van der Waals surface area contributed by atoms with E-state index in [1.807, 2.05) is 48.5 Å². The molecular formula is C20H24ClN3O. The van der Waals surface area contributed by atoms with Crippen molar-refractivity contribution in [3.8, 4) is 11.4 Å². The van der Waals surface area contributed by atoms with Crippen LogP contribution in [0.15, 0.2) is 48.5 Å². The van der Waals surface area contributed by atoms with Crippen LogP contribution >= 0.6 is 11.6 Å². The molecule has 0 saturated heterocycles. The molecule has 0 spiro atoms. The number of aliphatic hydroxyl groups excluding tert-OH is 1. The summed E-state index contributed by atoms with van der Waals surface area (Å²) in [6.45, 7) is 7.19. The van der Waals surface area contributed by atoms with Crippen molar-refractivity contribution in [1.29, 1.82) is 0 Å². The van der Waals surface area contributed by atoms with Gasteiger partial charge in [0.25, 0.3) is 0 Å². The number of aliphatic hydroxyl groups is 1. The molecule has 0 aliphatic rings. The molecule has 132 valence electrons. The molecular weight excluding hydrogens is 334 g/mol. The lowest BCUT2D eigenvalue weighted by molar-refractivity contribution is 0.104. The van der Waals surface area contributed by atoms with Crippen LogP contribution in [0.2, 0.25) is 5.02 Å². The van der Waals surface area contributed by atoms with Crippen molar-refractivity contribution >= 4 is 22.6 Å². The van der Waals surface area contributed by atoms with Crippen LogP contribution in [0.3, 0.4) is 0 Å². The van der Waals surface area contributed by atoms with Crippen LogP contribution in [-0.4, -0.2) is 45.3 Å². The van der Waals surface area contributed by atoms with Gasteiger partial charge in [0.15, 0.2) is 0 Å². The van der Waals surface area contributed by atoms with Gasteiger partial charge in [-0.05, 0) is 37.4 Å². The second-order valence-corrected chi connectivity index (χ2v) is 6.56. The highest BCUT2D eigenvalue weighted by Crippen LogP contribution is 2.30.